The van der Waals surface area contributed by atoms with Gasteiger partial charge in [-0.1, -0.05) is 36.4 Å². The summed E-state index contributed by atoms with van der Waals surface area (Å²) in [5.74, 6) is 1.85. The topological polar surface area (TPSA) is 35.2 Å². The molecule has 2 aromatic carbocycles. The van der Waals surface area contributed by atoms with Crippen LogP contribution in [-0.2, 0) is 12.8 Å². The normalized spacial score (nSPS) is 15.1. The van der Waals surface area contributed by atoms with Crippen LogP contribution in [0.5, 0.6) is 11.5 Å². The van der Waals surface area contributed by atoms with Crippen molar-refractivity contribution in [3.63, 3.8) is 0 Å². The first-order chi connectivity index (χ1) is 8.33. The lowest BCUT2D eigenvalue weighted by Crippen LogP contribution is -2.27. The smallest absolute Gasteiger partial charge is 0.130 e. The van der Waals surface area contributed by atoms with Gasteiger partial charge < -0.3 is 10.5 Å². The molecule has 0 aromatic heterocycles. The number of para-hydroxylation sites is 2. The van der Waals surface area contributed by atoms with Crippen molar-refractivity contribution in [3.8, 4) is 11.5 Å². The minimum atomic E-state index is 0.154. The first kappa shape index (κ1) is 10.4. The molecule has 1 heterocycles. The lowest BCUT2D eigenvalue weighted by Gasteiger charge is -2.21. The Morgan fingerprint density at radius 3 is 1.82 bits per heavy atom. The van der Waals surface area contributed by atoms with Crippen LogP contribution in [0.15, 0.2) is 48.5 Å². The third-order valence-corrected chi connectivity index (χ3v) is 3.13. The highest BCUT2D eigenvalue weighted by Crippen LogP contribution is 2.31. The van der Waals surface area contributed by atoms with Crippen LogP contribution >= 0.6 is 0 Å². The van der Waals surface area contributed by atoms with Gasteiger partial charge in [-0.2, -0.15) is 0 Å². The second-order valence-corrected chi connectivity index (χ2v) is 4.49. The number of fused-ring (bicyclic) bond motifs is 2. The first-order valence-corrected chi connectivity index (χ1v) is 5.92. The molecule has 2 heteroatoms. The maximum atomic E-state index is 6.18. The minimum absolute atomic E-state index is 0.154. The van der Waals surface area contributed by atoms with Crippen LogP contribution in [0.3, 0.4) is 0 Å². The monoisotopic (exact) mass is 225 g/mol. The molecule has 2 aromatic rings. The van der Waals surface area contributed by atoms with Gasteiger partial charge in [-0.15, -0.1) is 0 Å². The van der Waals surface area contributed by atoms with Crippen LogP contribution < -0.4 is 10.5 Å². The van der Waals surface area contributed by atoms with Crippen molar-refractivity contribution in [3.05, 3.63) is 59.7 Å². The summed E-state index contributed by atoms with van der Waals surface area (Å²) in [4.78, 5) is 0. The van der Waals surface area contributed by atoms with Crippen molar-refractivity contribution in [2.24, 2.45) is 5.73 Å². The molecule has 1 aliphatic rings. The van der Waals surface area contributed by atoms with E-state index < -0.39 is 0 Å². The van der Waals surface area contributed by atoms with Crippen LogP contribution in [-0.4, -0.2) is 6.04 Å². The summed E-state index contributed by atoms with van der Waals surface area (Å²) in [6.45, 7) is 0. The van der Waals surface area contributed by atoms with E-state index >= 15 is 0 Å². The SMILES string of the molecule is NC1Cc2ccccc2Oc2ccccc2C1. The molecule has 2 nitrogen and oxygen atoms in total. The molecular formula is C15H15NO. The van der Waals surface area contributed by atoms with Crippen LogP contribution in [0.25, 0.3) is 0 Å². The van der Waals surface area contributed by atoms with E-state index in [1.807, 2.05) is 36.4 Å². The zero-order valence-corrected chi connectivity index (χ0v) is 9.60. The molecule has 3 rings (SSSR count). The fourth-order valence-corrected chi connectivity index (χ4v) is 2.30. The summed E-state index contributed by atoms with van der Waals surface area (Å²) >= 11 is 0. The lowest BCUT2D eigenvalue weighted by molar-refractivity contribution is 0.453. The highest BCUT2D eigenvalue weighted by molar-refractivity contribution is 5.43. The van der Waals surface area contributed by atoms with E-state index in [0.29, 0.717) is 0 Å². The van der Waals surface area contributed by atoms with Gasteiger partial charge in [0, 0.05) is 6.04 Å². The predicted octanol–water partition coefficient (Wildman–Crippen LogP) is 2.90. The van der Waals surface area contributed by atoms with Crippen LogP contribution in [0, 0.1) is 0 Å². The van der Waals surface area contributed by atoms with Crippen molar-refractivity contribution < 1.29 is 4.74 Å². The van der Waals surface area contributed by atoms with Crippen molar-refractivity contribution in [2.75, 3.05) is 0 Å². The zero-order valence-electron chi connectivity index (χ0n) is 9.60. The summed E-state index contributed by atoms with van der Waals surface area (Å²) in [7, 11) is 0. The molecule has 0 fully saturated rings. The van der Waals surface area contributed by atoms with Gasteiger partial charge in [-0.05, 0) is 36.1 Å². The fourth-order valence-electron chi connectivity index (χ4n) is 2.30. The zero-order chi connectivity index (χ0) is 11.7. The van der Waals surface area contributed by atoms with E-state index in [0.717, 1.165) is 24.3 Å². The maximum absolute atomic E-state index is 6.18. The Hall–Kier alpha value is -1.80. The molecule has 0 spiro atoms. The largest absolute Gasteiger partial charge is 0.457 e. The van der Waals surface area contributed by atoms with E-state index in [2.05, 4.69) is 12.1 Å². The van der Waals surface area contributed by atoms with Crippen molar-refractivity contribution in [1.29, 1.82) is 0 Å². The molecule has 17 heavy (non-hydrogen) atoms. The molecule has 0 unspecified atom stereocenters. The Morgan fingerprint density at radius 2 is 1.29 bits per heavy atom. The van der Waals surface area contributed by atoms with Crippen molar-refractivity contribution in [2.45, 2.75) is 18.9 Å². The van der Waals surface area contributed by atoms with E-state index in [4.69, 9.17) is 10.5 Å². The van der Waals surface area contributed by atoms with Gasteiger partial charge in [-0.25, -0.2) is 0 Å². The number of hydrogen-bond acceptors (Lipinski definition) is 2. The molecule has 0 atom stereocenters. The van der Waals surface area contributed by atoms with E-state index in [9.17, 15) is 0 Å². The number of benzene rings is 2. The molecular weight excluding hydrogens is 210 g/mol. The third-order valence-electron chi connectivity index (χ3n) is 3.13. The van der Waals surface area contributed by atoms with Crippen LogP contribution in [0.1, 0.15) is 11.1 Å². The van der Waals surface area contributed by atoms with Gasteiger partial charge in [0.15, 0.2) is 0 Å². The van der Waals surface area contributed by atoms with E-state index in [1.165, 1.54) is 11.1 Å². The van der Waals surface area contributed by atoms with Gasteiger partial charge in [0.25, 0.3) is 0 Å². The Labute approximate surface area is 101 Å². The summed E-state index contributed by atoms with van der Waals surface area (Å²) in [5, 5.41) is 0. The van der Waals surface area contributed by atoms with E-state index in [-0.39, 0.29) is 6.04 Å². The van der Waals surface area contributed by atoms with Crippen LogP contribution in [0.4, 0.5) is 0 Å². The molecule has 0 saturated heterocycles. The van der Waals surface area contributed by atoms with E-state index in [1.54, 1.807) is 0 Å². The maximum Gasteiger partial charge on any atom is 0.130 e. The van der Waals surface area contributed by atoms with Gasteiger partial charge >= 0.3 is 0 Å². The fraction of sp³-hybridized carbons (Fsp3) is 0.200. The first-order valence-electron chi connectivity index (χ1n) is 5.92. The summed E-state index contributed by atoms with van der Waals surface area (Å²) in [6, 6.07) is 16.4. The molecule has 0 aliphatic carbocycles. The highest BCUT2D eigenvalue weighted by Gasteiger charge is 2.16. The number of hydrogen-bond donors (Lipinski definition) is 1. The Bertz CT molecular complexity index is 488. The molecule has 86 valence electrons. The predicted molar refractivity (Wildman–Crippen MR) is 68.3 cm³/mol. The average molecular weight is 225 g/mol. The van der Waals surface area contributed by atoms with Crippen molar-refractivity contribution in [1.82, 2.24) is 0 Å². The molecule has 0 amide bonds. The van der Waals surface area contributed by atoms with Crippen molar-refractivity contribution >= 4 is 0 Å². The standard InChI is InChI=1S/C15H15NO/c16-13-9-11-5-1-3-7-14(11)17-15-8-4-2-6-12(15)10-13/h1-8,13H,9-10,16H2. The summed E-state index contributed by atoms with van der Waals surface area (Å²) in [5.41, 5.74) is 8.56. The van der Waals surface area contributed by atoms with Gasteiger partial charge in [0.2, 0.25) is 0 Å². The minimum Gasteiger partial charge on any atom is -0.457 e. The number of nitrogens with two attached hydrogens (primary N) is 1. The quantitative estimate of drug-likeness (QED) is 0.748. The Morgan fingerprint density at radius 1 is 0.824 bits per heavy atom. The Balaban J connectivity index is 2.09. The molecule has 0 saturated carbocycles. The van der Waals surface area contributed by atoms with Gasteiger partial charge in [0.05, 0.1) is 0 Å². The lowest BCUT2D eigenvalue weighted by atomic mass is 9.97. The molecule has 1 aliphatic heterocycles. The van der Waals surface area contributed by atoms with Gasteiger partial charge in [-0.3, -0.25) is 0 Å². The molecule has 2 N–H and O–H groups in total. The second-order valence-electron chi connectivity index (χ2n) is 4.49. The molecule has 0 bridgehead atoms. The highest BCUT2D eigenvalue weighted by atomic mass is 16.5. The number of rotatable bonds is 0. The van der Waals surface area contributed by atoms with Crippen LogP contribution in [0.2, 0.25) is 0 Å². The Kier molecular flexibility index (Phi) is 2.57. The number of ether oxygens (including phenoxy) is 1. The summed E-state index contributed by atoms with van der Waals surface area (Å²) in [6.07, 6.45) is 1.73. The molecule has 0 radical (unpaired) electrons. The average Bonchev–Trinajstić information content (AvgIpc) is 2.31. The summed E-state index contributed by atoms with van der Waals surface area (Å²) < 4.78 is 5.98. The van der Waals surface area contributed by atoms with Gasteiger partial charge in [0.1, 0.15) is 11.5 Å². The second kappa shape index (κ2) is 4.22. The third kappa shape index (κ3) is 2.04.